The monoisotopic (exact) mass is 259 g/mol. The van der Waals surface area contributed by atoms with E-state index in [1.165, 1.54) is 31.2 Å². The van der Waals surface area contributed by atoms with E-state index in [2.05, 4.69) is 25.1 Å². The van der Waals surface area contributed by atoms with Crippen molar-refractivity contribution in [3.8, 4) is 0 Å². The van der Waals surface area contributed by atoms with E-state index in [1.54, 1.807) is 11.1 Å². The molecule has 104 valence electrons. The van der Waals surface area contributed by atoms with Gasteiger partial charge < -0.3 is 10.5 Å². The fourth-order valence-corrected chi connectivity index (χ4v) is 3.79. The van der Waals surface area contributed by atoms with Gasteiger partial charge in [0.15, 0.2) is 0 Å². The van der Waals surface area contributed by atoms with Gasteiger partial charge in [0.2, 0.25) is 0 Å². The van der Waals surface area contributed by atoms with E-state index >= 15 is 0 Å². The van der Waals surface area contributed by atoms with Crippen LogP contribution in [0.3, 0.4) is 0 Å². The molecule has 0 spiro atoms. The molecule has 1 aromatic rings. The molecule has 2 heteroatoms. The predicted octanol–water partition coefficient (Wildman–Crippen LogP) is 2.82. The van der Waals surface area contributed by atoms with Crippen molar-refractivity contribution in [3.05, 3.63) is 34.9 Å². The van der Waals surface area contributed by atoms with Crippen LogP contribution in [0.25, 0.3) is 0 Å². The minimum Gasteiger partial charge on any atom is -0.379 e. The number of hydrogen-bond donors (Lipinski definition) is 1. The lowest BCUT2D eigenvalue weighted by Crippen LogP contribution is -2.54. The van der Waals surface area contributed by atoms with Crippen LogP contribution in [0.1, 0.15) is 42.9 Å². The van der Waals surface area contributed by atoms with E-state index in [0.29, 0.717) is 5.92 Å². The highest BCUT2D eigenvalue weighted by atomic mass is 16.5. The first-order valence-electron chi connectivity index (χ1n) is 7.70. The van der Waals surface area contributed by atoms with Crippen molar-refractivity contribution in [3.63, 3.8) is 0 Å². The lowest BCUT2D eigenvalue weighted by Gasteiger charge is -2.47. The number of benzene rings is 1. The summed E-state index contributed by atoms with van der Waals surface area (Å²) in [6.45, 7) is 4.70. The van der Waals surface area contributed by atoms with Crippen LogP contribution in [0, 0.1) is 5.92 Å². The van der Waals surface area contributed by atoms with Crippen molar-refractivity contribution >= 4 is 0 Å². The van der Waals surface area contributed by atoms with Crippen LogP contribution in [-0.4, -0.2) is 19.8 Å². The second-order valence-electron chi connectivity index (χ2n) is 6.18. The van der Waals surface area contributed by atoms with Gasteiger partial charge in [0, 0.05) is 5.41 Å². The molecule has 0 amide bonds. The highest BCUT2D eigenvalue weighted by molar-refractivity contribution is 5.39. The average Bonchev–Trinajstić information content (AvgIpc) is 2.42. The zero-order valence-corrected chi connectivity index (χ0v) is 12.0. The van der Waals surface area contributed by atoms with Crippen LogP contribution in [0.2, 0.25) is 0 Å². The Labute approximate surface area is 116 Å². The third-order valence-corrected chi connectivity index (χ3v) is 5.20. The number of ether oxygens (including phenoxy) is 1. The first-order valence-corrected chi connectivity index (χ1v) is 7.70. The van der Waals surface area contributed by atoms with Crippen molar-refractivity contribution < 1.29 is 4.74 Å². The highest BCUT2D eigenvalue weighted by Crippen LogP contribution is 2.41. The molecule has 2 nitrogen and oxygen atoms in total. The van der Waals surface area contributed by atoms with Crippen molar-refractivity contribution in [2.75, 3.05) is 19.8 Å². The molecule has 1 aliphatic carbocycles. The van der Waals surface area contributed by atoms with Gasteiger partial charge >= 0.3 is 0 Å². The van der Waals surface area contributed by atoms with Gasteiger partial charge in [-0.2, -0.15) is 0 Å². The van der Waals surface area contributed by atoms with Crippen LogP contribution >= 0.6 is 0 Å². The Morgan fingerprint density at radius 3 is 2.53 bits per heavy atom. The number of fused-ring (bicyclic) bond motifs is 1. The van der Waals surface area contributed by atoms with Crippen LogP contribution in [-0.2, 0) is 23.0 Å². The zero-order valence-electron chi connectivity index (χ0n) is 12.0. The second kappa shape index (κ2) is 5.26. The molecule has 2 aliphatic rings. The Balaban J connectivity index is 1.95. The molecule has 0 saturated carbocycles. The molecule has 1 fully saturated rings. The minimum atomic E-state index is 0.190. The Hall–Kier alpha value is -0.860. The number of rotatable bonds is 4. The Bertz CT molecular complexity index is 447. The first kappa shape index (κ1) is 13.1. The molecule has 0 aromatic heterocycles. The third kappa shape index (κ3) is 2.11. The topological polar surface area (TPSA) is 35.2 Å². The first-order chi connectivity index (χ1) is 9.30. The molecule has 1 unspecified atom stereocenters. The van der Waals surface area contributed by atoms with E-state index in [-0.39, 0.29) is 5.41 Å². The molecule has 2 N–H and O–H groups in total. The Kier molecular flexibility index (Phi) is 3.64. The van der Waals surface area contributed by atoms with E-state index in [0.717, 1.165) is 26.2 Å². The molecule has 1 saturated heterocycles. The van der Waals surface area contributed by atoms with Crippen molar-refractivity contribution in [2.45, 2.75) is 44.4 Å². The normalized spacial score (nSPS) is 22.4. The van der Waals surface area contributed by atoms with Crippen molar-refractivity contribution in [2.24, 2.45) is 11.7 Å². The summed E-state index contributed by atoms with van der Waals surface area (Å²) in [4.78, 5) is 0. The number of nitrogens with two attached hydrogens (primary N) is 1. The SMILES string of the molecule is CCC(CN)C1(c2ccc3c(c2)CCCC3)COC1. The summed E-state index contributed by atoms with van der Waals surface area (Å²) in [5.41, 5.74) is 10.8. The Morgan fingerprint density at radius 1 is 1.21 bits per heavy atom. The molecule has 1 aliphatic heterocycles. The predicted molar refractivity (Wildman–Crippen MR) is 78.4 cm³/mol. The minimum absolute atomic E-state index is 0.190. The molecule has 0 bridgehead atoms. The zero-order chi connectivity index (χ0) is 13.3. The summed E-state index contributed by atoms with van der Waals surface area (Å²) in [5, 5.41) is 0. The molecule has 19 heavy (non-hydrogen) atoms. The standard InChI is InChI=1S/C17H25NO/c1-2-15(10-18)17(11-19-12-17)16-8-7-13-5-3-4-6-14(13)9-16/h7-9,15H,2-6,10-12,18H2,1H3. The van der Waals surface area contributed by atoms with Gasteiger partial charge in [-0.25, -0.2) is 0 Å². The summed E-state index contributed by atoms with van der Waals surface area (Å²) in [6, 6.07) is 7.15. The fourth-order valence-electron chi connectivity index (χ4n) is 3.79. The molecule has 1 aromatic carbocycles. The summed E-state index contributed by atoms with van der Waals surface area (Å²) < 4.78 is 5.57. The molecule has 3 rings (SSSR count). The lowest BCUT2D eigenvalue weighted by atomic mass is 9.67. The quantitative estimate of drug-likeness (QED) is 0.902. The number of aryl methyl sites for hydroxylation is 2. The van der Waals surface area contributed by atoms with Crippen molar-refractivity contribution in [1.29, 1.82) is 0 Å². The van der Waals surface area contributed by atoms with Gasteiger partial charge in [0.05, 0.1) is 13.2 Å². The van der Waals surface area contributed by atoms with Crippen LogP contribution in [0.4, 0.5) is 0 Å². The van der Waals surface area contributed by atoms with E-state index in [1.807, 2.05) is 0 Å². The van der Waals surface area contributed by atoms with E-state index in [4.69, 9.17) is 10.5 Å². The van der Waals surface area contributed by atoms with Gasteiger partial charge in [-0.3, -0.25) is 0 Å². The van der Waals surface area contributed by atoms with E-state index < -0.39 is 0 Å². The average molecular weight is 259 g/mol. The largest absolute Gasteiger partial charge is 0.379 e. The number of hydrogen-bond acceptors (Lipinski definition) is 2. The summed E-state index contributed by atoms with van der Waals surface area (Å²) >= 11 is 0. The van der Waals surface area contributed by atoms with E-state index in [9.17, 15) is 0 Å². The maximum absolute atomic E-state index is 6.00. The third-order valence-electron chi connectivity index (χ3n) is 5.20. The second-order valence-corrected chi connectivity index (χ2v) is 6.18. The fraction of sp³-hybridized carbons (Fsp3) is 0.647. The maximum atomic E-state index is 6.00. The van der Waals surface area contributed by atoms with Gasteiger partial charge in [0.1, 0.15) is 0 Å². The Morgan fingerprint density at radius 2 is 1.95 bits per heavy atom. The molecule has 0 radical (unpaired) electrons. The molecular formula is C17H25NO. The van der Waals surface area contributed by atoms with Gasteiger partial charge in [-0.1, -0.05) is 31.5 Å². The molecular weight excluding hydrogens is 234 g/mol. The molecule has 1 heterocycles. The van der Waals surface area contributed by atoms with Crippen LogP contribution in [0.15, 0.2) is 18.2 Å². The smallest absolute Gasteiger partial charge is 0.0588 e. The summed E-state index contributed by atoms with van der Waals surface area (Å²) in [6.07, 6.45) is 6.33. The summed E-state index contributed by atoms with van der Waals surface area (Å²) in [5.74, 6) is 0.544. The van der Waals surface area contributed by atoms with Gasteiger partial charge in [-0.05, 0) is 54.8 Å². The summed E-state index contributed by atoms with van der Waals surface area (Å²) in [7, 11) is 0. The maximum Gasteiger partial charge on any atom is 0.0588 e. The lowest BCUT2D eigenvalue weighted by molar-refractivity contribution is -0.0898. The van der Waals surface area contributed by atoms with Crippen LogP contribution < -0.4 is 5.73 Å². The van der Waals surface area contributed by atoms with Gasteiger partial charge in [0.25, 0.3) is 0 Å². The van der Waals surface area contributed by atoms with Gasteiger partial charge in [-0.15, -0.1) is 0 Å². The highest BCUT2D eigenvalue weighted by Gasteiger charge is 2.45. The molecule has 1 atom stereocenters. The van der Waals surface area contributed by atoms with Crippen molar-refractivity contribution in [1.82, 2.24) is 0 Å². The van der Waals surface area contributed by atoms with Crippen LogP contribution in [0.5, 0.6) is 0 Å².